The van der Waals surface area contributed by atoms with Gasteiger partial charge in [0.25, 0.3) is 5.91 Å². The molecule has 8 nitrogen and oxygen atoms in total. The van der Waals surface area contributed by atoms with E-state index in [1.807, 2.05) is 91.2 Å². The number of para-hydroxylation sites is 1. The molecule has 0 fully saturated rings. The van der Waals surface area contributed by atoms with Gasteiger partial charge in [0, 0.05) is 40.6 Å². The van der Waals surface area contributed by atoms with Crippen LogP contribution in [0.1, 0.15) is 21.5 Å². The second kappa shape index (κ2) is 11.7. The van der Waals surface area contributed by atoms with E-state index in [9.17, 15) is 9.59 Å². The lowest BCUT2D eigenvalue weighted by Gasteiger charge is -2.12. The fourth-order valence-electron chi connectivity index (χ4n) is 4.00. The minimum atomic E-state index is -0.208. The van der Waals surface area contributed by atoms with Crippen molar-refractivity contribution in [2.75, 3.05) is 16.4 Å². The number of rotatable bonds is 8. The van der Waals surface area contributed by atoms with E-state index >= 15 is 0 Å². The zero-order valence-electron chi connectivity index (χ0n) is 21.5. The minimum Gasteiger partial charge on any atom is -0.325 e. The van der Waals surface area contributed by atoms with Gasteiger partial charge in [-0.2, -0.15) is 0 Å². The van der Waals surface area contributed by atoms with E-state index in [-0.39, 0.29) is 17.6 Å². The SMILES string of the molecule is Cc1cccc(C(=O)Nc2ccc(C)c(NC(=O)CSc3nnc(-c4ccncc4)n3-c3ccccc3)c2)c1. The maximum absolute atomic E-state index is 13.0. The Morgan fingerprint density at radius 1 is 0.846 bits per heavy atom. The summed E-state index contributed by atoms with van der Waals surface area (Å²) in [5.74, 6) is 0.388. The van der Waals surface area contributed by atoms with Gasteiger partial charge in [0.15, 0.2) is 11.0 Å². The molecular formula is C30H26N6O2S. The number of anilines is 2. The number of nitrogens with zero attached hydrogens (tertiary/aromatic N) is 4. The molecule has 9 heteroatoms. The number of amides is 2. The van der Waals surface area contributed by atoms with Gasteiger partial charge in [-0.25, -0.2) is 0 Å². The number of carbonyl (C=O) groups is 2. The van der Waals surface area contributed by atoms with Gasteiger partial charge in [0.05, 0.1) is 5.75 Å². The standard InChI is InChI=1S/C30H26N6O2S/c1-20-7-6-8-23(17-20)29(38)32-24-12-11-21(2)26(18-24)33-27(37)19-39-30-35-34-28(22-13-15-31-16-14-22)36(30)25-9-4-3-5-10-25/h3-18H,19H2,1-2H3,(H,32,38)(H,33,37). The van der Waals surface area contributed by atoms with Crippen molar-refractivity contribution in [3.05, 3.63) is 114 Å². The first kappa shape index (κ1) is 25.9. The van der Waals surface area contributed by atoms with Crippen molar-refractivity contribution in [3.8, 4) is 17.1 Å². The van der Waals surface area contributed by atoms with Gasteiger partial charge in [0.1, 0.15) is 0 Å². The van der Waals surface area contributed by atoms with Gasteiger partial charge in [0.2, 0.25) is 5.91 Å². The number of carbonyl (C=O) groups excluding carboxylic acids is 2. The second-order valence-electron chi connectivity index (χ2n) is 8.90. The molecule has 39 heavy (non-hydrogen) atoms. The zero-order valence-corrected chi connectivity index (χ0v) is 22.3. The van der Waals surface area contributed by atoms with Crippen LogP contribution in [0.25, 0.3) is 17.1 Å². The lowest BCUT2D eigenvalue weighted by Crippen LogP contribution is -2.16. The van der Waals surface area contributed by atoms with E-state index in [0.717, 1.165) is 22.4 Å². The van der Waals surface area contributed by atoms with Gasteiger partial charge in [-0.05, 0) is 67.9 Å². The van der Waals surface area contributed by atoms with E-state index in [0.29, 0.717) is 27.9 Å². The maximum atomic E-state index is 13.0. The van der Waals surface area contributed by atoms with E-state index in [1.165, 1.54) is 11.8 Å². The molecule has 0 atom stereocenters. The van der Waals surface area contributed by atoms with Crippen LogP contribution in [0.3, 0.4) is 0 Å². The molecule has 0 unspecified atom stereocenters. The molecule has 5 rings (SSSR count). The number of thioether (sulfide) groups is 1. The van der Waals surface area contributed by atoms with Crippen molar-refractivity contribution in [2.45, 2.75) is 19.0 Å². The van der Waals surface area contributed by atoms with E-state index < -0.39 is 0 Å². The summed E-state index contributed by atoms with van der Waals surface area (Å²) in [6, 6.07) is 26.4. The van der Waals surface area contributed by atoms with Crippen LogP contribution >= 0.6 is 11.8 Å². The molecule has 2 amide bonds. The molecule has 0 saturated carbocycles. The molecule has 3 aromatic carbocycles. The highest BCUT2D eigenvalue weighted by Crippen LogP contribution is 2.28. The Morgan fingerprint density at radius 3 is 2.41 bits per heavy atom. The number of aryl methyl sites for hydroxylation is 2. The number of pyridine rings is 1. The summed E-state index contributed by atoms with van der Waals surface area (Å²) in [6.07, 6.45) is 3.42. The maximum Gasteiger partial charge on any atom is 0.255 e. The average molecular weight is 535 g/mol. The van der Waals surface area contributed by atoms with Crippen LogP contribution in [0.2, 0.25) is 0 Å². The van der Waals surface area contributed by atoms with Crippen LogP contribution in [-0.2, 0) is 4.79 Å². The molecule has 0 aliphatic rings. The van der Waals surface area contributed by atoms with Gasteiger partial charge in [-0.1, -0.05) is 53.7 Å². The third kappa shape index (κ3) is 6.22. The summed E-state index contributed by atoms with van der Waals surface area (Å²) in [7, 11) is 0. The highest BCUT2D eigenvalue weighted by atomic mass is 32.2. The van der Waals surface area contributed by atoms with Crippen molar-refractivity contribution in [3.63, 3.8) is 0 Å². The number of aromatic nitrogens is 4. The Balaban J connectivity index is 1.30. The van der Waals surface area contributed by atoms with Crippen molar-refractivity contribution >= 4 is 35.0 Å². The molecule has 0 spiro atoms. The highest BCUT2D eigenvalue weighted by Gasteiger charge is 2.18. The van der Waals surface area contributed by atoms with Crippen LogP contribution in [0.15, 0.2) is 102 Å². The molecule has 2 heterocycles. The summed E-state index contributed by atoms with van der Waals surface area (Å²) < 4.78 is 1.93. The van der Waals surface area contributed by atoms with Gasteiger partial charge >= 0.3 is 0 Å². The smallest absolute Gasteiger partial charge is 0.255 e. The Morgan fingerprint density at radius 2 is 1.64 bits per heavy atom. The lowest BCUT2D eigenvalue weighted by atomic mass is 10.1. The largest absolute Gasteiger partial charge is 0.325 e. The fourth-order valence-corrected chi connectivity index (χ4v) is 4.75. The van der Waals surface area contributed by atoms with Crippen molar-refractivity contribution in [1.82, 2.24) is 19.7 Å². The molecule has 0 saturated heterocycles. The minimum absolute atomic E-state index is 0.126. The predicted octanol–water partition coefficient (Wildman–Crippen LogP) is 5.93. The average Bonchev–Trinajstić information content (AvgIpc) is 3.39. The first-order chi connectivity index (χ1) is 19.0. The van der Waals surface area contributed by atoms with Crippen LogP contribution in [0, 0.1) is 13.8 Å². The summed E-state index contributed by atoms with van der Waals surface area (Å²) in [5.41, 5.74) is 5.46. The number of hydrogen-bond acceptors (Lipinski definition) is 6. The van der Waals surface area contributed by atoms with Crippen LogP contribution in [0.4, 0.5) is 11.4 Å². The van der Waals surface area contributed by atoms with Crippen LogP contribution < -0.4 is 10.6 Å². The number of nitrogens with one attached hydrogen (secondary N) is 2. The Labute approximate surface area is 230 Å². The fraction of sp³-hybridized carbons (Fsp3) is 0.100. The van der Waals surface area contributed by atoms with E-state index in [4.69, 9.17) is 0 Å². The molecule has 2 N–H and O–H groups in total. The Bertz CT molecular complexity index is 1620. The van der Waals surface area contributed by atoms with Crippen molar-refractivity contribution < 1.29 is 9.59 Å². The summed E-state index contributed by atoms with van der Waals surface area (Å²) in [5, 5.41) is 15.2. The van der Waals surface area contributed by atoms with Crippen LogP contribution in [-0.4, -0.2) is 37.3 Å². The molecule has 0 radical (unpaired) electrons. The zero-order chi connectivity index (χ0) is 27.2. The van der Waals surface area contributed by atoms with Crippen molar-refractivity contribution in [1.29, 1.82) is 0 Å². The van der Waals surface area contributed by atoms with E-state index in [2.05, 4.69) is 25.8 Å². The van der Waals surface area contributed by atoms with Gasteiger partial charge < -0.3 is 10.6 Å². The quantitative estimate of drug-likeness (QED) is 0.239. The number of hydrogen-bond donors (Lipinski definition) is 2. The summed E-state index contributed by atoms with van der Waals surface area (Å²) in [4.78, 5) is 29.7. The molecule has 2 aromatic heterocycles. The molecule has 0 aliphatic carbocycles. The Hall–Kier alpha value is -4.76. The van der Waals surface area contributed by atoms with E-state index in [1.54, 1.807) is 24.5 Å². The first-order valence-electron chi connectivity index (χ1n) is 12.3. The third-order valence-electron chi connectivity index (χ3n) is 5.97. The highest BCUT2D eigenvalue weighted by molar-refractivity contribution is 7.99. The van der Waals surface area contributed by atoms with Crippen molar-refractivity contribution in [2.24, 2.45) is 0 Å². The molecule has 194 valence electrons. The molecule has 5 aromatic rings. The molecular weight excluding hydrogens is 508 g/mol. The first-order valence-corrected chi connectivity index (χ1v) is 13.3. The molecule has 0 bridgehead atoms. The Kier molecular flexibility index (Phi) is 7.79. The van der Waals surface area contributed by atoms with Gasteiger partial charge in [-0.15, -0.1) is 10.2 Å². The normalized spacial score (nSPS) is 10.7. The van der Waals surface area contributed by atoms with Crippen LogP contribution in [0.5, 0.6) is 0 Å². The van der Waals surface area contributed by atoms with Gasteiger partial charge in [-0.3, -0.25) is 19.1 Å². The molecule has 0 aliphatic heterocycles. The summed E-state index contributed by atoms with van der Waals surface area (Å²) in [6.45, 7) is 3.85. The number of benzene rings is 3. The monoisotopic (exact) mass is 534 g/mol. The third-order valence-corrected chi connectivity index (χ3v) is 6.90. The lowest BCUT2D eigenvalue weighted by molar-refractivity contribution is -0.113. The predicted molar refractivity (Wildman–Crippen MR) is 154 cm³/mol. The summed E-state index contributed by atoms with van der Waals surface area (Å²) >= 11 is 1.30. The topological polar surface area (TPSA) is 102 Å². The second-order valence-corrected chi connectivity index (χ2v) is 9.85.